The number of carbonyl (C=O) groups is 2. The Morgan fingerprint density at radius 3 is 2.66 bits per heavy atom. The van der Waals surface area contributed by atoms with Crippen LogP contribution in [0, 0.1) is 17.2 Å². The number of amides is 3. The molecule has 2 saturated heterocycles. The highest BCUT2D eigenvalue weighted by molar-refractivity contribution is 5.95. The number of nitrogens with zero attached hydrogens (tertiary/aromatic N) is 2. The van der Waals surface area contributed by atoms with Crippen molar-refractivity contribution in [3.8, 4) is 0 Å². The number of benzene rings is 1. The third-order valence-electron chi connectivity index (χ3n) is 5.75. The van der Waals surface area contributed by atoms with Gasteiger partial charge >= 0.3 is 6.03 Å². The van der Waals surface area contributed by atoms with E-state index in [4.69, 9.17) is 4.74 Å². The summed E-state index contributed by atoms with van der Waals surface area (Å²) in [6, 6.07) is 8.97. The number of halogens is 1. The van der Waals surface area contributed by atoms with E-state index in [1.165, 1.54) is 12.1 Å². The molecule has 1 aromatic heterocycles. The number of pyridine rings is 1. The molecular weight excluding hydrogens is 375 g/mol. The first kappa shape index (κ1) is 19.3. The van der Waals surface area contributed by atoms with Gasteiger partial charge < -0.3 is 20.3 Å². The number of hydrogen-bond donors (Lipinski definition) is 2. The zero-order valence-corrected chi connectivity index (χ0v) is 15.9. The Morgan fingerprint density at radius 2 is 1.93 bits per heavy atom. The topological polar surface area (TPSA) is 83.6 Å². The summed E-state index contributed by atoms with van der Waals surface area (Å²) in [4.78, 5) is 31.5. The second-order valence-electron chi connectivity index (χ2n) is 7.58. The van der Waals surface area contributed by atoms with Crippen molar-refractivity contribution < 1.29 is 18.7 Å². The molecule has 2 aliphatic rings. The molecule has 0 aliphatic carbocycles. The average Bonchev–Trinajstić information content (AvgIpc) is 3.08. The van der Waals surface area contributed by atoms with Gasteiger partial charge in [-0.3, -0.25) is 9.78 Å². The summed E-state index contributed by atoms with van der Waals surface area (Å²) in [6.45, 7) is 1.89. The number of nitrogens with one attached hydrogen (secondary N) is 2. The van der Waals surface area contributed by atoms with Crippen molar-refractivity contribution in [1.82, 2.24) is 9.88 Å². The summed E-state index contributed by atoms with van der Waals surface area (Å²) in [7, 11) is 0. The van der Waals surface area contributed by atoms with E-state index in [1.807, 2.05) is 0 Å². The van der Waals surface area contributed by atoms with Crippen molar-refractivity contribution in [1.29, 1.82) is 0 Å². The fourth-order valence-electron chi connectivity index (χ4n) is 4.20. The number of urea groups is 1. The lowest BCUT2D eigenvalue weighted by atomic mass is 9.71. The third kappa shape index (κ3) is 4.22. The maximum atomic E-state index is 13.4. The molecule has 0 saturated carbocycles. The number of ether oxygens (including phenoxy) is 1. The smallest absolute Gasteiger partial charge is 0.321 e. The molecule has 0 bridgehead atoms. The van der Waals surface area contributed by atoms with E-state index in [2.05, 4.69) is 15.6 Å². The minimum absolute atomic E-state index is 0.124. The first-order valence-electron chi connectivity index (χ1n) is 9.66. The summed E-state index contributed by atoms with van der Waals surface area (Å²) in [5, 5.41) is 5.65. The molecule has 2 fully saturated rings. The molecule has 3 amide bonds. The quantitative estimate of drug-likeness (QED) is 0.832. The lowest BCUT2D eigenvalue weighted by molar-refractivity contribution is -0.124. The molecule has 7 nitrogen and oxygen atoms in total. The molecule has 2 N–H and O–H groups in total. The zero-order valence-electron chi connectivity index (χ0n) is 15.9. The average molecular weight is 398 g/mol. The van der Waals surface area contributed by atoms with Crippen LogP contribution in [0.5, 0.6) is 0 Å². The molecule has 1 aromatic carbocycles. The predicted molar refractivity (Wildman–Crippen MR) is 106 cm³/mol. The van der Waals surface area contributed by atoms with Crippen molar-refractivity contribution in [2.75, 3.05) is 36.9 Å². The Morgan fingerprint density at radius 1 is 1.14 bits per heavy atom. The number of carbonyl (C=O) groups excluding carboxylic acids is 2. The Kier molecular flexibility index (Phi) is 5.44. The summed E-state index contributed by atoms with van der Waals surface area (Å²) < 4.78 is 18.9. The van der Waals surface area contributed by atoms with E-state index in [0.717, 1.165) is 0 Å². The molecule has 0 unspecified atom stereocenters. The maximum Gasteiger partial charge on any atom is 0.321 e. The van der Waals surface area contributed by atoms with Crippen LogP contribution in [-0.2, 0) is 9.53 Å². The van der Waals surface area contributed by atoms with Gasteiger partial charge in [0.1, 0.15) is 5.82 Å². The number of hydrogen-bond acceptors (Lipinski definition) is 4. The van der Waals surface area contributed by atoms with Gasteiger partial charge in [-0.1, -0.05) is 6.07 Å². The highest BCUT2D eigenvalue weighted by Crippen LogP contribution is 2.45. The van der Waals surface area contributed by atoms with Crippen LogP contribution in [0.25, 0.3) is 0 Å². The number of likely N-dealkylation sites (tertiary alicyclic amines) is 1. The van der Waals surface area contributed by atoms with Gasteiger partial charge in [0, 0.05) is 43.6 Å². The molecule has 4 rings (SSSR count). The van der Waals surface area contributed by atoms with Crippen LogP contribution >= 0.6 is 0 Å². The Balaban J connectivity index is 1.51. The van der Waals surface area contributed by atoms with Crippen molar-refractivity contribution in [3.63, 3.8) is 0 Å². The molecule has 1 spiro atoms. The molecule has 29 heavy (non-hydrogen) atoms. The second kappa shape index (κ2) is 8.16. The minimum atomic E-state index is -0.418. The van der Waals surface area contributed by atoms with Crippen LogP contribution in [0.3, 0.4) is 0 Å². The first-order valence-corrected chi connectivity index (χ1v) is 9.66. The molecule has 1 atom stereocenters. The molecular formula is C21H23FN4O3. The molecule has 2 aromatic rings. The predicted octanol–water partition coefficient (Wildman–Crippen LogP) is 3.12. The number of rotatable bonds is 3. The molecule has 2 aliphatic heterocycles. The maximum absolute atomic E-state index is 13.4. The molecule has 8 heteroatoms. The standard InChI is InChI=1S/C21H23FN4O3/c22-15-3-1-4-16(11-15)25-20(28)26-13-18(21(14-26)6-9-29-10-7-21)19(27)24-17-5-2-8-23-12-17/h1-5,8,11-12,18H,6-7,9-10,13-14H2,(H,24,27)(H,25,28)/t18-/m1/s1. The van der Waals surface area contributed by atoms with E-state index in [1.54, 1.807) is 41.6 Å². The first-order chi connectivity index (χ1) is 14.1. The van der Waals surface area contributed by atoms with Gasteiger partial charge in [-0.25, -0.2) is 9.18 Å². The Labute approximate surface area is 168 Å². The van der Waals surface area contributed by atoms with Gasteiger partial charge in [0.2, 0.25) is 5.91 Å². The van der Waals surface area contributed by atoms with Crippen molar-refractivity contribution in [2.24, 2.45) is 11.3 Å². The van der Waals surface area contributed by atoms with E-state index < -0.39 is 5.82 Å². The largest absolute Gasteiger partial charge is 0.381 e. The number of aromatic nitrogens is 1. The highest BCUT2D eigenvalue weighted by Gasteiger charge is 2.51. The van der Waals surface area contributed by atoms with Crippen LogP contribution in [0.1, 0.15) is 12.8 Å². The van der Waals surface area contributed by atoms with Crippen molar-refractivity contribution >= 4 is 23.3 Å². The molecule has 0 radical (unpaired) electrons. The van der Waals surface area contributed by atoms with Crippen LogP contribution in [0.2, 0.25) is 0 Å². The molecule has 3 heterocycles. The van der Waals surface area contributed by atoms with Gasteiger partial charge in [-0.2, -0.15) is 0 Å². The van der Waals surface area contributed by atoms with Crippen LogP contribution in [0.15, 0.2) is 48.8 Å². The van der Waals surface area contributed by atoms with Gasteiger partial charge in [-0.15, -0.1) is 0 Å². The van der Waals surface area contributed by atoms with E-state index in [-0.39, 0.29) is 23.3 Å². The normalized spacial score (nSPS) is 20.4. The third-order valence-corrected chi connectivity index (χ3v) is 5.75. The minimum Gasteiger partial charge on any atom is -0.381 e. The Hall–Kier alpha value is -3.00. The zero-order chi connectivity index (χ0) is 20.3. The summed E-state index contributed by atoms with van der Waals surface area (Å²) >= 11 is 0. The van der Waals surface area contributed by atoms with Gasteiger partial charge in [0.15, 0.2) is 0 Å². The van der Waals surface area contributed by atoms with Crippen molar-refractivity contribution in [2.45, 2.75) is 12.8 Å². The van der Waals surface area contributed by atoms with Crippen LogP contribution in [-0.4, -0.2) is 48.1 Å². The fourth-order valence-corrected chi connectivity index (χ4v) is 4.20. The van der Waals surface area contributed by atoms with Gasteiger partial charge in [0.05, 0.1) is 17.8 Å². The summed E-state index contributed by atoms with van der Waals surface area (Å²) in [5.74, 6) is -0.898. The van der Waals surface area contributed by atoms with Crippen molar-refractivity contribution in [3.05, 3.63) is 54.6 Å². The van der Waals surface area contributed by atoms with E-state index in [0.29, 0.717) is 50.5 Å². The summed E-state index contributed by atoms with van der Waals surface area (Å²) in [6.07, 6.45) is 4.66. The highest BCUT2D eigenvalue weighted by atomic mass is 19.1. The SMILES string of the molecule is O=C(Nc1cccnc1)[C@H]1CN(C(=O)Nc2cccc(F)c2)CC12CCOCC2. The van der Waals surface area contributed by atoms with E-state index in [9.17, 15) is 14.0 Å². The monoisotopic (exact) mass is 398 g/mol. The van der Waals surface area contributed by atoms with Crippen LogP contribution in [0.4, 0.5) is 20.6 Å². The second-order valence-corrected chi connectivity index (χ2v) is 7.58. The van der Waals surface area contributed by atoms with Gasteiger partial charge in [0.25, 0.3) is 0 Å². The Bertz CT molecular complexity index is 887. The lowest BCUT2D eigenvalue weighted by Gasteiger charge is -2.37. The summed E-state index contributed by atoms with van der Waals surface area (Å²) in [5.41, 5.74) is 0.686. The van der Waals surface area contributed by atoms with Gasteiger partial charge in [-0.05, 0) is 43.2 Å². The van der Waals surface area contributed by atoms with Crippen LogP contribution < -0.4 is 10.6 Å². The lowest BCUT2D eigenvalue weighted by Crippen LogP contribution is -2.42. The molecule has 152 valence electrons. The van der Waals surface area contributed by atoms with E-state index >= 15 is 0 Å². The number of anilines is 2. The fraction of sp³-hybridized carbons (Fsp3) is 0.381.